The molecule has 0 saturated carbocycles. The highest BCUT2D eigenvalue weighted by molar-refractivity contribution is 5.86. The maximum absolute atomic E-state index is 4.87. The third-order valence-electron chi connectivity index (χ3n) is 5.47. The van der Waals surface area contributed by atoms with Gasteiger partial charge in [0.25, 0.3) is 0 Å². The first-order valence-corrected chi connectivity index (χ1v) is 9.00. The van der Waals surface area contributed by atoms with E-state index in [4.69, 9.17) is 4.98 Å². The fourth-order valence-corrected chi connectivity index (χ4v) is 4.10. The fourth-order valence-electron chi connectivity index (χ4n) is 4.10. The average Bonchev–Trinajstić information content (AvgIpc) is 3.18. The van der Waals surface area contributed by atoms with Gasteiger partial charge in [0.1, 0.15) is 5.82 Å². The van der Waals surface area contributed by atoms with Gasteiger partial charge in [-0.2, -0.15) is 4.98 Å². The first kappa shape index (κ1) is 14.8. The van der Waals surface area contributed by atoms with E-state index in [1.807, 2.05) is 19.3 Å². The molecule has 25 heavy (non-hydrogen) atoms. The Morgan fingerprint density at radius 3 is 2.88 bits per heavy atom. The smallest absolute Gasteiger partial charge is 0.227 e. The third kappa shape index (κ3) is 2.57. The fraction of sp³-hybridized carbons (Fsp3) is 0.421. The molecule has 0 aliphatic carbocycles. The van der Waals surface area contributed by atoms with Crippen molar-refractivity contribution in [3.8, 4) is 0 Å². The van der Waals surface area contributed by atoms with Crippen molar-refractivity contribution in [1.82, 2.24) is 15.3 Å². The Balaban J connectivity index is 1.45. The van der Waals surface area contributed by atoms with E-state index in [0.29, 0.717) is 12.1 Å². The maximum Gasteiger partial charge on any atom is 0.227 e. The third-order valence-corrected chi connectivity index (χ3v) is 5.47. The summed E-state index contributed by atoms with van der Waals surface area (Å²) in [6.45, 7) is 4.90. The van der Waals surface area contributed by atoms with Crippen LogP contribution in [0.2, 0.25) is 0 Å². The van der Waals surface area contributed by atoms with E-state index < -0.39 is 0 Å². The summed E-state index contributed by atoms with van der Waals surface area (Å²) in [6, 6.07) is 7.42. The number of hydrogen-bond donors (Lipinski definition) is 2. The number of anilines is 3. The first-order valence-electron chi connectivity index (χ1n) is 9.00. The molecular weight excluding hydrogens is 312 g/mol. The van der Waals surface area contributed by atoms with Crippen LogP contribution in [0.4, 0.5) is 17.5 Å². The molecule has 3 aliphatic heterocycles. The number of aryl methyl sites for hydroxylation is 1. The Morgan fingerprint density at radius 2 is 2.04 bits per heavy atom. The van der Waals surface area contributed by atoms with E-state index in [-0.39, 0.29) is 0 Å². The number of benzene rings is 1. The Bertz CT molecular complexity index is 830. The monoisotopic (exact) mass is 334 g/mol. The largest absolute Gasteiger partial charge is 0.340 e. The van der Waals surface area contributed by atoms with Crippen LogP contribution in [0.15, 0.2) is 29.4 Å². The van der Waals surface area contributed by atoms with Crippen LogP contribution in [-0.4, -0.2) is 41.4 Å². The van der Waals surface area contributed by atoms with Gasteiger partial charge in [-0.1, -0.05) is 6.07 Å². The van der Waals surface area contributed by atoms with Crippen LogP contribution in [0.3, 0.4) is 0 Å². The molecule has 2 aromatic rings. The summed E-state index contributed by atoms with van der Waals surface area (Å²) in [5.41, 5.74) is 4.57. The zero-order valence-corrected chi connectivity index (χ0v) is 14.4. The molecule has 0 spiro atoms. The zero-order chi connectivity index (χ0) is 16.8. The molecule has 5 rings (SSSR count). The SMILES string of the molecule is Cc1cnc(N2C3CCC2CNC3)nc1Nc1ccc2c(c1)C=NC2. The predicted octanol–water partition coefficient (Wildman–Crippen LogP) is 2.40. The minimum atomic E-state index is 0.519. The van der Waals surface area contributed by atoms with E-state index in [2.05, 4.69) is 43.7 Å². The van der Waals surface area contributed by atoms with Crippen molar-refractivity contribution in [3.05, 3.63) is 41.1 Å². The lowest BCUT2D eigenvalue weighted by Gasteiger charge is -2.35. The molecule has 0 radical (unpaired) electrons. The van der Waals surface area contributed by atoms with E-state index in [1.165, 1.54) is 24.0 Å². The molecule has 2 N–H and O–H groups in total. The van der Waals surface area contributed by atoms with Gasteiger partial charge in [0.2, 0.25) is 5.95 Å². The summed E-state index contributed by atoms with van der Waals surface area (Å²) in [5, 5.41) is 6.99. The summed E-state index contributed by atoms with van der Waals surface area (Å²) >= 11 is 0. The molecule has 1 aromatic carbocycles. The zero-order valence-electron chi connectivity index (χ0n) is 14.4. The van der Waals surface area contributed by atoms with Gasteiger partial charge >= 0.3 is 0 Å². The lowest BCUT2D eigenvalue weighted by molar-refractivity contribution is 0.477. The summed E-state index contributed by atoms with van der Waals surface area (Å²) in [7, 11) is 0. The van der Waals surface area contributed by atoms with Crippen molar-refractivity contribution >= 4 is 23.7 Å². The highest BCUT2D eigenvalue weighted by Crippen LogP contribution is 2.31. The number of fused-ring (bicyclic) bond motifs is 3. The highest BCUT2D eigenvalue weighted by atomic mass is 15.4. The van der Waals surface area contributed by atoms with Crippen LogP contribution in [0, 0.1) is 6.92 Å². The number of piperazine rings is 1. The molecule has 6 nitrogen and oxygen atoms in total. The van der Waals surface area contributed by atoms with Gasteiger partial charge in [-0.25, -0.2) is 4.98 Å². The van der Waals surface area contributed by atoms with Gasteiger partial charge in [-0.05, 0) is 43.0 Å². The van der Waals surface area contributed by atoms with Crippen LogP contribution in [0.25, 0.3) is 0 Å². The Kier molecular flexibility index (Phi) is 3.45. The molecule has 128 valence electrons. The quantitative estimate of drug-likeness (QED) is 0.902. The van der Waals surface area contributed by atoms with Gasteiger partial charge in [0.05, 0.1) is 6.54 Å². The predicted molar refractivity (Wildman–Crippen MR) is 100.0 cm³/mol. The molecule has 4 heterocycles. The van der Waals surface area contributed by atoms with E-state index in [9.17, 15) is 0 Å². The van der Waals surface area contributed by atoms with Crippen molar-refractivity contribution < 1.29 is 0 Å². The average molecular weight is 334 g/mol. The normalized spacial score (nSPS) is 23.8. The van der Waals surface area contributed by atoms with Crippen LogP contribution in [0.5, 0.6) is 0 Å². The minimum Gasteiger partial charge on any atom is -0.340 e. The number of aromatic nitrogens is 2. The van der Waals surface area contributed by atoms with Crippen LogP contribution >= 0.6 is 0 Å². The summed E-state index contributed by atoms with van der Waals surface area (Å²) in [6.07, 6.45) is 6.32. The number of nitrogens with one attached hydrogen (secondary N) is 2. The number of aliphatic imine (C=N–C) groups is 1. The molecule has 0 amide bonds. The first-order chi connectivity index (χ1) is 12.3. The van der Waals surface area contributed by atoms with Crippen LogP contribution < -0.4 is 15.5 Å². The summed E-state index contributed by atoms with van der Waals surface area (Å²) in [4.78, 5) is 16.2. The molecule has 2 saturated heterocycles. The summed E-state index contributed by atoms with van der Waals surface area (Å²) < 4.78 is 0. The van der Waals surface area contributed by atoms with Gasteiger partial charge < -0.3 is 15.5 Å². The Morgan fingerprint density at radius 1 is 1.20 bits per heavy atom. The molecule has 2 fully saturated rings. The van der Waals surface area contributed by atoms with Crippen LogP contribution in [0.1, 0.15) is 29.5 Å². The van der Waals surface area contributed by atoms with Crippen molar-refractivity contribution in [2.45, 2.75) is 38.4 Å². The van der Waals surface area contributed by atoms with E-state index in [1.54, 1.807) is 0 Å². The molecule has 2 unspecified atom stereocenters. The second-order valence-electron chi connectivity index (χ2n) is 7.16. The van der Waals surface area contributed by atoms with Gasteiger partial charge in [0.15, 0.2) is 0 Å². The number of rotatable bonds is 3. The lowest BCUT2D eigenvalue weighted by atomic mass is 10.1. The Labute approximate surface area is 147 Å². The summed E-state index contributed by atoms with van der Waals surface area (Å²) in [5.74, 6) is 1.74. The second-order valence-corrected chi connectivity index (χ2v) is 7.16. The van der Waals surface area contributed by atoms with Gasteiger partial charge in [-0.15, -0.1) is 0 Å². The van der Waals surface area contributed by atoms with Crippen molar-refractivity contribution in [2.24, 2.45) is 4.99 Å². The van der Waals surface area contributed by atoms with E-state index in [0.717, 1.165) is 42.7 Å². The molecule has 2 bridgehead atoms. The second kappa shape index (κ2) is 5.81. The van der Waals surface area contributed by atoms with E-state index >= 15 is 0 Å². The topological polar surface area (TPSA) is 65.4 Å². The maximum atomic E-state index is 4.87. The van der Waals surface area contributed by atoms with Crippen molar-refractivity contribution in [2.75, 3.05) is 23.3 Å². The van der Waals surface area contributed by atoms with Crippen molar-refractivity contribution in [1.29, 1.82) is 0 Å². The molecular formula is C19H22N6. The molecule has 3 aliphatic rings. The molecule has 6 heteroatoms. The Hall–Kier alpha value is -2.47. The van der Waals surface area contributed by atoms with Gasteiger partial charge in [-0.3, -0.25) is 4.99 Å². The number of hydrogen-bond acceptors (Lipinski definition) is 6. The van der Waals surface area contributed by atoms with Crippen molar-refractivity contribution in [3.63, 3.8) is 0 Å². The molecule has 1 aromatic heterocycles. The van der Waals surface area contributed by atoms with Gasteiger partial charge in [0, 0.05) is 48.8 Å². The lowest BCUT2D eigenvalue weighted by Crippen LogP contribution is -2.52. The molecule has 2 atom stereocenters. The minimum absolute atomic E-state index is 0.519. The number of nitrogens with zero attached hydrogens (tertiary/aromatic N) is 4. The standard InChI is InChI=1S/C19H22N6/c1-12-7-22-19(25-16-4-5-17(25)11-21-10-16)24-18(12)23-15-3-2-13-8-20-9-14(13)6-15/h2-3,6-7,9,16-17,21H,4-5,8,10-11H2,1H3,(H,22,23,24). The highest BCUT2D eigenvalue weighted by Gasteiger charge is 2.38. The van der Waals surface area contributed by atoms with Crippen LogP contribution in [-0.2, 0) is 6.54 Å².